The third-order valence-corrected chi connectivity index (χ3v) is 1.89. The zero-order valence-corrected chi connectivity index (χ0v) is 8.88. The molecule has 3 nitrogen and oxygen atoms in total. The van der Waals surface area contributed by atoms with Crippen molar-refractivity contribution in [3.05, 3.63) is 29.6 Å². The van der Waals surface area contributed by atoms with Crippen LogP contribution in [0.4, 0.5) is 13.2 Å². The Morgan fingerprint density at radius 3 is 2.56 bits per heavy atom. The van der Waals surface area contributed by atoms with E-state index in [9.17, 15) is 18.0 Å². The molecule has 0 saturated heterocycles. The molecular formula is C10H11F3N2O. The van der Waals surface area contributed by atoms with Gasteiger partial charge in [0.1, 0.15) is 0 Å². The summed E-state index contributed by atoms with van der Waals surface area (Å²) in [6.45, 7) is -0.0746. The van der Waals surface area contributed by atoms with Crippen LogP contribution in [-0.2, 0) is 6.18 Å². The van der Waals surface area contributed by atoms with Crippen molar-refractivity contribution in [1.82, 2.24) is 9.88 Å². The van der Waals surface area contributed by atoms with Gasteiger partial charge in [-0.15, -0.1) is 0 Å². The molecule has 1 aromatic heterocycles. The van der Waals surface area contributed by atoms with Gasteiger partial charge < -0.3 is 4.90 Å². The summed E-state index contributed by atoms with van der Waals surface area (Å²) < 4.78 is 37.7. The SMILES string of the molecule is CN(C)CC(=O)c1cnccc1C(F)(F)F. The number of carbonyl (C=O) groups excluding carboxylic acids is 1. The van der Waals surface area contributed by atoms with E-state index in [0.29, 0.717) is 0 Å². The minimum atomic E-state index is -4.53. The number of hydrogen-bond donors (Lipinski definition) is 0. The van der Waals surface area contributed by atoms with E-state index in [1.165, 1.54) is 4.90 Å². The first-order valence-electron chi connectivity index (χ1n) is 4.51. The lowest BCUT2D eigenvalue weighted by molar-refractivity contribution is -0.138. The van der Waals surface area contributed by atoms with Crippen LogP contribution >= 0.6 is 0 Å². The minimum absolute atomic E-state index is 0.0746. The molecule has 0 aromatic carbocycles. The highest BCUT2D eigenvalue weighted by molar-refractivity contribution is 5.98. The number of hydrogen-bond acceptors (Lipinski definition) is 3. The van der Waals surface area contributed by atoms with Crippen molar-refractivity contribution in [1.29, 1.82) is 0 Å². The predicted octanol–water partition coefficient (Wildman–Crippen LogP) is 1.84. The molecule has 1 heterocycles. The minimum Gasteiger partial charge on any atom is -0.302 e. The summed E-state index contributed by atoms with van der Waals surface area (Å²) in [5.41, 5.74) is -1.32. The average Bonchev–Trinajstić information content (AvgIpc) is 2.15. The maximum atomic E-state index is 12.6. The molecule has 0 radical (unpaired) electrons. The molecule has 1 rings (SSSR count). The smallest absolute Gasteiger partial charge is 0.302 e. The van der Waals surface area contributed by atoms with Crippen LogP contribution in [0.2, 0.25) is 0 Å². The number of Topliss-reactive ketones (excluding diaryl/α,β-unsaturated/α-hetero) is 1. The van der Waals surface area contributed by atoms with Gasteiger partial charge in [0.15, 0.2) is 5.78 Å². The Hall–Kier alpha value is -1.43. The second kappa shape index (κ2) is 4.61. The van der Waals surface area contributed by atoms with Crippen molar-refractivity contribution in [3.8, 4) is 0 Å². The van der Waals surface area contributed by atoms with Crippen molar-refractivity contribution >= 4 is 5.78 Å². The molecule has 0 N–H and O–H groups in total. The monoisotopic (exact) mass is 232 g/mol. The maximum Gasteiger partial charge on any atom is 0.417 e. The van der Waals surface area contributed by atoms with E-state index < -0.39 is 17.5 Å². The van der Waals surface area contributed by atoms with E-state index in [1.54, 1.807) is 14.1 Å². The summed E-state index contributed by atoms with van der Waals surface area (Å²) in [5.74, 6) is -0.592. The van der Waals surface area contributed by atoms with E-state index in [0.717, 1.165) is 18.5 Å². The fourth-order valence-electron chi connectivity index (χ4n) is 1.24. The standard InChI is InChI=1S/C10H11F3N2O/c1-15(2)6-9(16)7-5-14-4-3-8(7)10(11,12)13/h3-5H,6H2,1-2H3. The van der Waals surface area contributed by atoms with Gasteiger partial charge in [-0.05, 0) is 20.2 Å². The largest absolute Gasteiger partial charge is 0.417 e. The van der Waals surface area contributed by atoms with Crippen LogP contribution in [0.25, 0.3) is 0 Å². The van der Waals surface area contributed by atoms with Crippen molar-refractivity contribution < 1.29 is 18.0 Å². The molecule has 16 heavy (non-hydrogen) atoms. The third kappa shape index (κ3) is 3.03. The Morgan fingerprint density at radius 1 is 1.44 bits per heavy atom. The number of ketones is 1. The Balaban J connectivity index is 3.09. The summed E-state index contributed by atoms with van der Waals surface area (Å²) in [5, 5.41) is 0. The Morgan fingerprint density at radius 2 is 2.06 bits per heavy atom. The lowest BCUT2D eigenvalue weighted by Crippen LogP contribution is -2.24. The number of halogens is 3. The zero-order valence-electron chi connectivity index (χ0n) is 8.88. The molecular weight excluding hydrogens is 221 g/mol. The molecule has 0 fully saturated rings. The van der Waals surface area contributed by atoms with Gasteiger partial charge in [0.25, 0.3) is 0 Å². The highest BCUT2D eigenvalue weighted by Crippen LogP contribution is 2.31. The summed E-state index contributed by atoms with van der Waals surface area (Å²) >= 11 is 0. The van der Waals surface area contributed by atoms with Crippen LogP contribution in [0.3, 0.4) is 0 Å². The van der Waals surface area contributed by atoms with Gasteiger partial charge in [-0.3, -0.25) is 9.78 Å². The topological polar surface area (TPSA) is 33.2 Å². The molecule has 0 atom stereocenters. The second-order valence-corrected chi connectivity index (χ2v) is 3.58. The Bertz CT molecular complexity index is 388. The van der Waals surface area contributed by atoms with Gasteiger partial charge in [-0.1, -0.05) is 0 Å². The molecule has 0 unspecified atom stereocenters. The molecule has 0 saturated carbocycles. The molecule has 1 aromatic rings. The van der Waals surface area contributed by atoms with Crippen molar-refractivity contribution in [2.45, 2.75) is 6.18 Å². The number of aromatic nitrogens is 1. The van der Waals surface area contributed by atoms with Gasteiger partial charge in [-0.2, -0.15) is 13.2 Å². The van der Waals surface area contributed by atoms with Crippen LogP contribution in [0, 0.1) is 0 Å². The number of nitrogens with zero attached hydrogens (tertiary/aromatic N) is 2. The lowest BCUT2D eigenvalue weighted by Gasteiger charge is -2.13. The Labute approximate surface area is 90.9 Å². The predicted molar refractivity (Wildman–Crippen MR) is 52.1 cm³/mol. The number of pyridine rings is 1. The molecule has 0 aliphatic heterocycles. The summed E-state index contributed by atoms with van der Waals surface area (Å²) in [6, 6.07) is 0.808. The van der Waals surface area contributed by atoms with Crippen LogP contribution in [-0.4, -0.2) is 36.3 Å². The Kier molecular flexibility index (Phi) is 3.64. The van der Waals surface area contributed by atoms with E-state index in [2.05, 4.69) is 4.98 Å². The number of alkyl halides is 3. The van der Waals surface area contributed by atoms with Gasteiger partial charge in [0.2, 0.25) is 0 Å². The van der Waals surface area contributed by atoms with Gasteiger partial charge >= 0.3 is 6.18 Å². The summed E-state index contributed by atoms with van der Waals surface area (Å²) in [4.78, 5) is 16.6. The fraction of sp³-hybridized carbons (Fsp3) is 0.400. The van der Waals surface area contributed by atoms with Gasteiger partial charge in [0.05, 0.1) is 12.1 Å². The third-order valence-electron chi connectivity index (χ3n) is 1.89. The number of carbonyl (C=O) groups is 1. The van der Waals surface area contributed by atoms with Gasteiger partial charge in [-0.25, -0.2) is 0 Å². The van der Waals surface area contributed by atoms with E-state index >= 15 is 0 Å². The normalized spacial score (nSPS) is 11.9. The first kappa shape index (κ1) is 12.6. The van der Waals surface area contributed by atoms with Crippen LogP contribution in [0.15, 0.2) is 18.5 Å². The molecule has 88 valence electrons. The number of rotatable bonds is 3. The first-order valence-corrected chi connectivity index (χ1v) is 4.51. The molecule has 0 amide bonds. The molecule has 0 spiro atoms. The van der Waals surface area contributed by atoms with Crippen LogP contribution < -0.4 is 0 Å². The molecule has 0 aliphatic rings. The summed E-state index contributed by atoms with van der Waals surface area (Å²) in [6.07, 6.45) is -2.55. The maximum absolute atomic E-state index is 12.6. The molecule has 0 aliphatic carbocycles. The van der Waals surface area contributed by atoms with Crippen molar-refractivity contribution in [3.63, 3.8) is 0 Å². The zero-order chi connectivity index (χ0) is 12.3. The average molecular weight is 232 g/mol. The lowest BCUT2D eigenvalue weighted by atomic mass is 10.1. The molecule has 6 heteroatoms. The van der Waals surface area contributed by atoms with Crippen LogP contribution in [0.1, 0.15) is 15.9 Å². The second-order valence-electron chi connectivity index (χ2n) is 3.58. The number of likely N-dealkylation sites (N-methyl/N-ethyl adjacent to an activating group) is 1. The van der Waals surface area contributed by atoms with Crippen LogP contribution in [0.5, 0.6) is 0 Å². The first-order chi connectivity index (χ1) is 7.32. The van der Waals surface area contributed by atoms with Gasteiger partial charge in [0, 0.05) is 18.0 Å². The summed E-state index contributed by atoms with van der Waals surface area (Å²) in [7, 11) is 3.23. The van der Waals surface area contributed by atoms with Crippen molar-refractivity contribution in [2.24, 2.45) is 0 Å². The van der Waals surface area contributed by atoms with Crippen molar-refractivity contribution in [2.75, 3.05) is 20.6 Å². The fourth-order valence-corrected chi connectivity index (χ4v) is 1.24. The van der Waals surface area contributed by atoms with E-state index in [4.69, 9.17) is 0 Å². The van der Waals surface area contributed by atoms with E-state index in [1.807, 2.05) is 0 Å². The van der Waals surface area contributed by atoms with E-state index in [-0.39, 0.29) is 12.1 Å². The molecule has 0 bridgehead atoms. The highest BCUT2D eigenvalue weighted by atomic mass is 19.4. The quantitative estimate of drug-likeness (QED) is 0.745. The highest BCUT2D eigenvalue weighted by Gasteiger charge is 2.35.